The lowest BCUT2D eigenvalue weighted by atomic mass is 10.1. The second kappa shape index (κ2) is 4.87. The Labute approximate surface area is 104 Å². The van der Waals surface area contributed by atoms with Crippen LogP contribution in [0.25, 0.3) is 0 Å². The van der Waals surface area contributed by atoms with Crippen LogP contribution in [0, 0.1) is 17.0 Å². The van der Waals surface area contributed by atoms with E-state index in [1.807, 2.05) is 13.8 Å². The number of anilines is 1. The summed E-state index contributed by atoms with van der Waals surface area (Å²) in [6.45, 7) is 3.89. The van der Waals surface area contributed by atoms with E-state index in [0.717, 1.165) is 16.8 Å². The highest BCUT2D eigenvalue weighted by Crippen LogP contribution is 2.25. The van der Waals surface area contributed by atoms with Gasteiger partial charge in [-0.05, 0) is 19.4 Å². The number of nitrogens with one attached hydrogen (secondary N) is 2. The van der Waals surface area contributed by atoms with Crippen LogP contribution in [0.1, 0.15) is 24.1 Å². The number of aryl methyl sites for hydroxylation is 1. The molecule has 0 aliphatic carbocycles. The quantitative estimate of drug-likeness (QED) is 0.641. The van der Waals surface area contributed by atoms with Crippen LogP contribution in [0.2, 0.25) is 0 Å². The van der Waals surface area contributed by atoms with Crippen LogP contribution in [0.4, 0.5) is 11.4 Å². The highest BCUT2D eigenvalue weighted by atomic mass is 16.6. The summed E-state index contributed by atoms with van der Waals surface area (Å²) in [7, 11) is 0. The van der Waals surface area contributed by atoms with Crippen molar-refractivity contribution in [2.24, 2.45) is 0 Å². The van der Waals surface area contributed by atoms with E-state index in [0.29, 0.717) is 0 Å². The molecule has 1 heterocycles. The van der Waals surface area contributed by atoms with E-state index in [1.165, 1.54) is 6.07 Å². The van der Waals surface area contributed by atoms with Gasteiger partial charge >= 0.3 is 0 Å². The molecule has 0 saturated carbocycles. The summed E-state index contributed by atoms with van der Waals surface area (Å²) in [4.78, 5) is 10.3. The third kappa shape index (κ3) is 2.48. The largest absolute Gasteiger partial charge is 0.378 e. The second-order valence-corrected chi connectivity index (χ2v) is 4.15. The Balaban J connectivity index is 2.23. The molecule has 0 radical (unpaired) electrons. The van der Waals surface area contributed by atoms with Crippen LogP contribution in [0.5, 0.6) is 0 Å². The minimum Gasteiger partial charge on any atom is -0.378 e. The standard InChI is InChI=1S/C12H14N4O2/c1-8-3-4-11(16(17)18)5-12(8)15-9(2)10-6-13-14-7-10/h3-7,9,15H,1-2H3,(H,13,14). The summed E-state index contributed by atoms with van der Waals surface area (Å²) >= 11 is 0. The van der Waals surface area contributed by atoms with Gasteiger partial charge in [-0.25, -0.2) is 0 Å². The predicted octanol–water partition coefficient (Wildman–Crippen LogP) is 2.80. The first-order valence-corrected chi connectivity index (χ1v) is 5.58. The molecule has 1 atom stereocenters. The van der Waals surface area contributed by atoms with E-state index in [2.05, 4.69) is 15.5 Å². The number of hydrogen-bond donors (Lipinski definition) is 2. The molecule has 0 amide bonds. The smallest absolute Gasteiger partial charge is 0.271 e. The van der Waals surface area contributed by atoms with Gasteiger partial charge in [-0.3, -0.25) is 15.2 Å². The Hall–Kier alpha value is -2.37. The van der Waals surface area contributed by atoms with Crippen molar-refractivity contribution in [3.05, 3.63) is 51.8 Å². The van der Waals surface area contributed by atoms with Crippen LogP contribution in [0.15, 0.2) is 30.6 Å². The predicted molar refractivity (Wildman–Crippen MR) is 68.5 cm³/mol. The molecule has 1 unspecified atom stereocenters. The molecule has 0 aliphatic rings. The zero-order valence-electron chi connectivity index (χ0n) is 10.2. The lowest BCUT2D eigenvalue weighted by Gasteiger charge is -2.15. The number of non-ortho nitro benzene ring substituents is 1. The number of nitro benzene ring substituents is 1. The number of nitrogens with zero attached hydrogens (tertiary/aromatic N) is 2. The van der Waals surface area contributed by atoms with Crippen LogP contribution >= 0.6 is 0 Å². The van der Waals surface area contributed by atoms with Crippen LogP contribution in [-0.2, 0) is 0 Å². The van der Waals surface area contributed by atoms with Crippen molar-refractivity contribution < 1.29 is 4.92 Å². The maximum absolute atomic E-state index is 10.7. The second-order valence-electron chi connectivity index (χ2n) is 4.15. The summed E-state index contributed by atoms with van der Waals surface area (Å²) in [6, 6.07) is 4.82. The summed E-state index contributed by atoms with van der Waals surface area (Å²) in [5, 5.41) is 20.6. The Morgan fingerprint density at radius 1 is 1.50 bits per heavy atom. The molecule has 2 rings (SSSR count). The number of benzene rings is 1. The Kier molecular flexibility index (Phi) is 3.27. The average molecular weight is 246 g/mol. The lowest BCUT2D eigenvalue weighted by Crippen LogP contribution is -2.07. The van der Waals surface area contributed by atoms with E-state index in [4.69, 9.17) is 0 Å². The zero-order chi connectivity index (χ0) is 13.1. The molecule has 94 valence electrons. The normalized spacial score (nSPS) is 12.1. The molecule has 2 aromatic rings. The van der Waals surface area contributed by atoms with Gasteiger partial charge in [0.1, 0.15) is 0 Å². The van der Waals surface area contributed by atoms with Gasteiger partial charge in [-0.15, -0.1) is 0 Å². The van der Waals surface area contributed by atoms with Crippen molar-refractivity contribution in [2.45, 2.75) is 19.9 Å². The number of H-pyrrole nitrogens is 1. The highest BCUT2D eigenvalue weighted by molar-refractivity contribution is 5.57. The van der Waals surface area contributed by atoms with Gasteiger partial charge in [0.05, 0.1) is 17.2 Å². The summed E-state index contributed by atoms with van der Waals surface area (Å²) in [6.07, 6.45) is 3.52. The molecule has 18 heavy (non-hydrogen) atoms. The first-order chi connectivity index (χ1) is 8.58. The van der Waals surface area contributed by atoms with Crippen LogP contribution < -0.4 is 5.32 Å². The monoisotopic (exact) mass is 246 g/mol. The maximum Gasteiger partial charge on any atom is 0.271 e. The molecule has 1 aromatic carbocycles. The molecule has 6 heteroatoms. The topological polar surface area (TPSA) is 83.8 Å². The number of aromatic nitrogens is 2. The zero-order valence-corrected chi connectivity index (χ0v) is 10.2. The Morgan fingerprint density at radius 3 is 2.89 bits per heavy atom. The molecule has 2 N–H and O–H groups in total. The first-order valence-electron chi connectivity index (χ1n) is 5.58. The Morgan fingerprint density at radius 2 is 2.28 bits per heavy atom. The average Bonchev–Trinajstić information content (AvgIpc) is 2.85. The molecule has 0 bridgehead atoms. The lowest BCUT2D eigenvalue weighted by molar-refractivity contribution is -0.384. The fraction of sp³-hybridized carbons (Fsp3) is 0.250. The van der Waals surface area contributed by atoms with Gasteiger partial charge in [0.25, 0.3) is 5.69 Å². The van der Waals surface area contributed by atoms with Crippen molar-refractivity contribution >= 4 is 11.4 Å². The van der Waals surface area contributed by atoms with Gasteiger partial charge in [0, 0.05) is 29.6 Å². The van der Waals surface area contributed by atoms with Crippen molar-refractivity contribution in [1.29, 1.82) is 0 Å². The molecule has 0 fully saturated rings. The fourth-order valence-corrected chi connectivity index (χ4v) is 1.69. The molecular formula is C12H14N4O2. The first kappa shape index (κ1) is 12.1. The van der Waals surface area contributed by atoms with Crippen molar-refractivity contribution in [1.82, 2.24) is 10.2 Å². The highest BCUT2D eigenvalue weighted by Gasteiger charge is 2.12. The van der Waals surface area contributed by atoms with E-state index < -0.39 is 4.92 Å². The molecule has 0 spiro atoms. The van der Waals surface area contributed by atoms with Crippen molar-refractivity contribution in [3.63, 3.8) is 0 Å². The van der Waals surface area contributed by atoms with Gasteiger partial charge in [-0.1, -0.05) is 6.07 Å². The van der Waals surface area contributed by atoms with E-state index >= 15 is 0 Å². The third-order valence-corrected chi connectivity index (χ3v) is 2.82. The molecule has 1 aromatic heterocycles. The SMILES string of the molecule is Cc1ccc([N+](=O)[O-])cc1NC(C)c1cn[nH]c1. The number of nitro groups is 1. The van der Waals surface area contributed by atoms with Gasteiger partial charge < -0.3 is 5.32 Å². The molecule has 6 nitrogen and oxygen atoms in total. The molecular weight excluding hydrogens is 232 g/mol. The summed E-state index contributed by atoms with van der Waals surface area (Å²) < 4.78 is 0. The van der Waals surface area contributed by atoms with Gasteiger partial charge in [-0.2, -0.15) is 5.10 Å². The van der Waals surface area contributed by atoms with E-state index in [-0.39, 0.29) is 11.7 Å². The minimum atomic E-state index is -0.396. The third-order valence-electron chi connectivity index (χ3n) is 2.82. The summed E-state index contributed by atoms with van der Waals surface area (Å²) in [5.41, 5.74) is 2.82. The van der Waals surface area contributed by atoms with Gasteiger partial charge in [0.2, 0.25) is 0 Å². The van der Waals surface area contributed by atoms with Crippen molar-refractivity contribution in [3.8, 4) is 0 Å². The number of aromatic amines is 1. The van der Waals surface area contributed by atoms with Gasteiger partial charge in [0.15, 0.2) is 0 Å². The number of hydrogen-bond acceptors (Lipinski definition) is 4. The summed E-state index contributed by atoms with van der Waals surface area (Å²) in [5.74, 6) is 0. The van der Waals surface area contributed by atoms with Crippen LogP contribution in [0.3, 0.4) is 0 Å². The van der Waals surface area contributed by atoms with E-state index in [9.17, 15) is 10.1 Å². The van der Waals surface area contributed by atoms with E-state index in [1.54, 1.807) is 24.5 Å². The molecule has 0 aliphatic heterocycles. The maximum atomic E-state index is 10.7. The van der Waals surface area contributed by atoms with Crippen LogP contribution in [-0.4, -0.2) is 15.1 Å². The Bertz CT molecular complexity index is 551. The fourth-order valence-electron chi connectivity index (χ4n) is 1.69. The molecule has 0 saturated heterocycles. The minimum absolute atomic E-state index is 0.0319. The van der Waals surface area contributed by atoms with Crippen molar-refractivity contribution in [2.75, 3.05) is 5.32 Å². The number of rotatable bonds is 4.